The minimum Gasteiger partial charge on any atom is -0.550 e. The number of allylic oxidation sites excluding steroid dienone is 2. The Morgan fingerprint density at radius 2 is 1.29 bits per heavy atom. The fourth-order valence-corrected chi connectivity index (χ4v) is 4.36. The van der Waals surface area contributed by atoms with E-state index >= 15 is 0 Å². The van der Waals surface area contributed by atoms with Crippen LogP contribution in [0.1, 0.15) is 12.8 Å². The van der Waals surface area contributed by atoms with Crippen molar-refractivity contribution in [2.24, 2.45) is 11.8 Å². The molecule has 0 unspecified atom stereocenters. The van der Waals surface area contributed by atoms with Gasteiger partial charge in [-0.1, -0.05) is 23.8 Å². The number of carboxylic acids is 1. The Kier molecular flexibility index (Phi) is 6.47. The second kappa shape index (κ2) is 9.43. The van der Waals surface area contributed by atoms with Crippen LogP contribution < -0.4 is 20.2 Å². The van der Waals surface area contributed by atoms with Crippen LogP contribution >= 0.6 is 11.6 Å². The number of aliphatic carboxylic acids is 1. The molecule has 31 heavy (non-hydrogen) atoms. The molecule has 0 saturated carbocycles. The summed E-state index contributed by atoms with van der Waals surface area (Å²) in [6.45, 7) is 3.63. The van der Waals surface area contributed by atoms with Gasteiger partial charge in [0, 0.05) is 60.2 Å². The van der Waals surface area contributed by atoms with Gasteiger partial charge in [0.05, 0.1) is 5.92 Å². The number of carbonyl (C=O) groups is 2. The van der Waals surface area contributed by atoms with Crippen LogP contribution in [0.4, 0.5) is 17.1 Å². The number of carboxylic acid groups (broad SMARTS) is 1. The van der Waals surface area contributed by atoms with E-state index in [0.29, 0.717) is 18.5 Å². The summed E-state index contributed by atoms with van der Waals surface area (Å²) >= 11 is 5.98. The molecule has 0 bridgehead atoms. The van der Waals surface area contributed by atoms with Crippen LogP contribution in [0.15, 0.2) is 60.7 Å². The number of rotatable bonds is 5. The van der Waals surface area contributed by atoms with Crippen LogP contribution in [-0.4, -0.2) is 38.1 Å². The van der Waals surface area contributed by atoms with Crippen molar-refractivity contribution in [3.05, 3.63) is 65.7 Å². The van der Waals surface area contributed by atoms with Crippen LogP contribution in [0.5, 0.6) is 0 Å². The van der Waals surface area contributed by atoms with Crippen LogP contribution in [0.3, 0.4) is 0 Å². The van der Waals surface area contributed by atoms with Crippen LogP contribution in [-0.2, 0) is 9.59 Å². The number of anilines is 3. The van der Waals surface area contributed by atoms with Crippen molar-refractivity contribution in [2.45, 2.75) is 12.8 Å². The molecule has 1 aliphatic heterocycles. The van der Waals surface area contributed by atoms with Crippen molar-refractivity contribution in [3.8, 4) is 0 Å². The standard InChI is InChI=1S/C24H26ClN3O3/c25-17-5-9-19(10-6-17)27-13-15-28(16-14-27)20-11-7-18(8-12-20)26-23(29)21-3-1-2-4-22(21)24(30)31/h1-2,5-12,21-22H,3-4,13-16H2,(H,26,29)(H,30,31)/p-1/t21-,22+/m1/s1. The molecule has 162 valence electrons. The third-order valence-corrected chi connectivity index (χ3v) is 6.30. The van der Waals surface area contributed by atoms with E-state index < -0.39 is 17.8 Å². The van der Waals surface area contributed by atoms with Crippen molar-refractivity contribution < 1.29 is 14.7 Å². The van der Waals surface area contributed by atoms with E-state index in [1.807, 2.05) is 54.6 Å². The van der Waals surface area contributed by atoms with Crippen LogP contribution in [0, 0.1) is 11.8 Å². The van der Waals surface area contributed by atoms with Crippen molar-refractivity contribution in [1.82, 2.24) is 0 Å². The second-order valence-corrected chi connectivity index (χ2v) is 8.40. The summed E-state index contributed by atoms with van der Waals surface area (Å²) in [6.07, 6.45) is 4.41. The van der Waals surface area contributed by atoms with E-state index in [1.54, 1.807) is 6.08 Å². The summed E-state index contributed by atoms with van der Waals surface area (Å²) in [4.78, 5) is 28.6. The molecule has 1 fully saturated rings. The fraction of sp³-hybridized carbons (Fsp3) is 0.333. The lowest BCUT2D eigenvalue weighted by Gasteiger charge is -2.37. The normalized spacial score (nSPS) is 21.1. The highest BCUT2D eigenvalue weighted by atomic mass is 35.5. The lowest BCUT2D eigenvalue weighted by atomic mass is 9.82. The number of nitrogens with zero attached hydrogens (tertiary/aromatic N) is 2. The molecule has 4 rings (SSSR count). The van der Waals surface area contributed by atoms with Crippen molar-refractivity contribution in [3.63, 3.8) is 0 Å². The van der Waals surface area contributed by atoms with Gasteiger partial charge in [0.1, 0.15) is 0 Å². The molecule has 0 aromatic heterocycles. The number of amides is 1. The van der Waals surface area contributed by atoms with Crippen LogP contribution in [0.25, 0.3) is 0 Å². The molecule has 2 aromatic rings. The number of nitrogens with one attached hydrogen (secondary N) is 1. The number of hydrogen-bond donors (Lipinski definition) is 1. The first kappa shape index (κ1) is 21.2. The highest BCUT2D eigenvalue weighted by Gasteiger charge is 2.29. The van der Waals surface area contributed by atoms with Gasteiger partial charge in [0.25, 0.3) is 0 Å². The highest BCUT2D eigenvalue weighted by Crippen LogP contribution is 2.28. The molecule has 1 saturated heterocycles. The maximum Gasteiger partial charge on any atom is 0.228 e. The van der Waals surface area contributed by atoms with Gasteiger partial charge in [0.15, 0.2) is 0 Å². The maximum atomic E-state index is 12.6. The largest absolute Gasteiger partial charge is 0.550 e. The molecule has 2 aromatic carbocycles. The summed E-state index contributed by atoms with van der Waals surface area (Å²) in [5.41, 5.74) is 2.94. The lowest BCUT2D eigenvalue weighted by Crippen LogP contribution is -2.46. The predicted molar refractivity (Wildman–Crippen MR) is 121 cm³/mol. The molecule has 1 aliphatic carbocycles. The Balaban J connectivity index is 1.33. The Hall–Kier alpha value is -2.99. The molecule has 7 heteroatoms. The van der Waals surface area contributed by atoms with Gasteiger partial charge in [-0.2, -0.15) is 0 Å². The summed E-state index contributed by atoms with van der Waals surface area (Å²) in [5, 5.41) is 14.9. The first-order chi connectivity index (χ1) is 15.0. The van der Waals surface area contributed by atoms with Gasteiger partial charge in [-0.3, -0.25) is 4.79 Å². The van der Waals surface area contributed by atoms with E-state index in [-0.39, 0.29) is 5.91 Å². The molecule has 2 aliphatic rings. The Labute approximate surface area is 187 Å². The van der Waals surface area contributed by atoms with E-state index in [2.05, 4.69) is 15.1 Å². The summed E-state index contributed by atoms with van der Waals surface area (Å²) < 4.78 is 0. The van der Waals surface area contributed by atoms with Crippen molar-refractivity contribution in [2.75, 3.05) is 41.3 Å². The number of carbonyl (C=O) groups excluding carboxylic acids is 2. The van der Waals surface area contributed by atoms with Gasteiger partial charge in [0.2, 0.25) is 5.91 Å². The molecular formula is C24H25ClN3O3-. The summed E-state index contributed by atoms with van der Waals surface area (Å²) in [7, 11) is 0. The van der Waals surface area contributed by atoms with E-state index in [1.165, 1.54) is 5.69 Å². The minimum absolute atomic E-state index is 0.275. The average molecular weight is 439 g/mol. The molecule has 1 N–H and O–H groups in total. The van der Waals surface area contributed by atoms with Gasteiger partial charge in [-0.15, -0.1) is 0 Å². The zero-order valence-corrected chi connectivity index (χ0v) is 17.9. The van der Waals surface area contributed by atoms with E-state index in [9.17, 15) is 14.7 Å². The number of piperazine rings is 1. The van der Waals surface area contributed by atoms with E-state index in [0.717, 1.165) is 36.9 Å². The zero-order chi connectivity index (χ0) is 21.8. The Morgan fingerprint density at radius 1 is 0.806 bits per heavy atom. The molecule has 0 radical (unpaired) electrons. The predicted octanol–water partition coefficient (Wildman–Crippen LogP) is 2.94. The summed E-state index contributed by atoms with van der Waals surface area (Å²) in [5.74, 6) is -2.82. The quantitative estimate of drug-likeness (QED) is 0.726. The topological polar surface area (TPSA) is 75.7 Å². The third kappa shape index (κ3) is 5.02. The van der Waals surface area contributed by atoms with Gasteiger partial charge in [-0.05, 0) is 61.4 Å². The Bertz CT molecular complexity index is 951. The molecular weight excluding hydrogens is 414 g/mol. The molecule has 6 nitrogen and oxygen atoms in total. The monoisotopic (exact) mass is 438 g/mol. The third-order valence-electron chi connectivity index (χ3n) is 6.04. The summed E-state index contributed by atoms with van der Waals surface area (Å²) in [6, 6.07) is 15.6. The molecule has 1 amide bonds. The maximum absolute atomic E-state index is 12.6. The molecule has 2 atom stereocenters. The number of hydrogen-bond acceptors (Lipinski definition) is 5. The minimum atomic E-state index is -1.17. The van der Waals surface area contributed by atoms with Gasteiger partial charge >= 0.3 is 0 Å². The van der Waals surface area contributed by atoms with Crippen molar-refractivity contribution >= 4 is 40.5 Å². The lowest BCUT2D eigenvalue weighted by molar-refractivity contribution is -0.313. The Morgan fingerprint density at radius 3 is 1.81 bits per heavy atom. The van der Waals surface area contributed by atoms with Gasteiger partial charge < -0.3 is 25.0 Å². The molecule has 1 heterocycles. The zero-order valence-electron chi connectivity index (χ0n) is 17.2. The fourth-order valence-electron chi connectivity index (χ4n) is 4.23. The number of benzene rings is 2. The highest BCUT2D eigenvalue weighted by molar-refractivity contribution is 6.30. The number of halogens is 1. The average Bonchev–Trinajstić information content (AvgIpc) is 2.80. The molecule has 0 spiro atoms. The van der Waals surface area contributed by atoms with Crippen LogP contribution in [0.2, 0.25) is 5.02 Å². The van der Waals surface area contributed by atoms with Crippen molar-refractivity contribution in [1.29, 1.82) is 0 Å². The smallest absolute Gasteiger partial charge is 0.228 e. The first-order valence-corrected chi connectivity index (χ1v) is 10.9. The SMILES string of the molecule is O=C([O-])[C@H]1CC=CC[C@H]1C(=O)Nc1ccc(N2CCN(c3ccc(Cl)cc3)CC2)cc1. The van der Waals surface area contributed by atoms with E-state index in [4.69, 9.17) is 11.6 Å². The first-order valence-electron chi connectivity index (χ1n) is 10.5. The van der Waals surface area contributed by atoms with Gasteiger partial charge in [-0.25, -0.2) is 0 Å². The second-order valence-electron chi connectivity index (χ2n) is 7.96.